The van der Waals surface area contributed by atoms with Crippen molar-refractivity contribution in [2.75, 3.05) is 6.54 Å². The van der Waals surface area contributed by atoms with E-state index in [0.29, 0.717) is 24.7 Å². The quantitative estimate of drug-likeness (QED) is 0.834. The van der Waals surface area contributed by atoms with Gasteiger partial charge in [-0.1, -0.05) is 24.2 Å². The lowest BCUT2D eigenvalue weighted by atomic mass is 10.1. The molecule has 0 aliphatic rings. The molecule has 2 aromatic rings. The maximum Gasteiger partial charge on any atom is 0.230 e. The van der Waals surface area contributed by atoms with E-state index >= 15 is 0 Å². The zero-order valence-corrected chi connectivity index (χ0v) is 9.63. The number of aromatic hydroxyl groups is 1. The maximum absolute atomic E-state index is 9.17. The highest BCUT2D eigenvalue weighted by atomic mass is 16.5. The maximum atomic E-state index is 9.17. The summed E-state index contributed by atoms with van der Waals surface area (Å²) >= 11 is 0. The number of phenolic OH excluding ortho intramolecular Hbond substituents is 1. The Labute approximate surface area is 99.3 Å². The van der Waals surface area contributed by atoms with Gasteiger partial charge in [0.2, 0.25) is 5.89 Å². The van der Waals surface area contributed by atoms with Crippen LogP contribution in [-0.2, 0) is 6.42 Å². The largest absolute Gasteiger partial charge is 0.508 e. The molecule has 0 radical (unpaired) electrons. The molecular weight excluding hydrogens is 218 g/mol. The molecule has 0 bridgehead atoms. The van der Waals surface area contributed by atoms with E-state index in [2.05, 4.69) is 10.1 Å². The third-order valence-corrected chi connectivity index (χ3v) is 2.56. The first-order valence-electron chi connectivity index (χ1n) is 5.49. The Hall–Kier alpha value is -1.88. The van der Waals surface area contributed by atoms with E-state index in [4.69, 9.17) is 15.4 Å². The van der Waals surface area contributed by atoms with E-state index in [1.165, 1.54) is 0 Å². The van der Waals surface area contributed by atoms with Gasteiger partial charge in [-0.05, 0) is 17.7 Å². The number of nitrogens with zero attached hydrogens (tertiary/aromatic N) is 2. The van der Waals surface area contributed by atoms with Crippen molar-refractivity contribution in [3.63, 3.8) is 0 Å². The van der Waals surface area contributed by atoms with Crippen molar-refractivity contribution in [2.45, 2.75) is 19.3 Å². The zero-order chi connectivity index (χ0) is 12.3. The summed E-state index contributed by atoms with van der Waals surface area (Å²) in [4.78, 5) is 4.28. The molecule has 1 unspecified atom stereocenters. The second-order valence-corrected chi connectivity index (χ2v) is 4.03. The van der Waals surface area contributed by atoms with Gasteiger partial charge in [-0.3, -0.25) is 0 Å². The van der Waals surface area contributed by atoms with Crippen LogP contribution >= 0.6 is 0 Å². The van der Waals surface area contributed by atoms with Crippen LogP contribution in [0.4, 0.5) is 0 Å². The summed E-state index contributed by atoms with van der Waals surface area (Å²) in [6, 6.07) is 6.94. The molecule has 2 rings (SSSR count). The van der Waals surface area contributed by atoms with Crippen molar-refractivity contribution in [3.05, 3.63) is 41.5 Å². The number of phenols is 1. The molecule has 0 fully saturated rings. The van der Waals surface area contributed by atoms with Crippen LogP contribution < -0.4 is 5.73 Å². The topological polar surface area (TPSA) is 85.2 Å². The molecule has 5 nitrogen and oxygen atoms in total. The first-order chi connectivity index (χ1) is 8.19. The van der Waals surface area contributed by atoms with Gasteiger partial charge >= 0.3 is 0 Å². The van der Waals surface area contributed by atoms with E-state index in [1.807, 2.05) is 19.1 Å². The van der Waals surface area contributed by atoms with Gasteiger partial charge in [-0.25, -0.2) is 0 Å². The van der Waals surface area contributed by atoms with E-state index in [1.54, 1.807) is 12.1 Å². The summed E-state index contributed by atoms with van der Waals surface area (Å²) < 4.78 is 5.12. The van der Waals surface area contributed by atoms with Crippen LogP contribution in [0.5, 0.6) is 5.75 Å². The van der Waals surface area contributed by atoms with Crippen molar-refractivity contribution < 1.29 is 9.63 Å². The summed E-state index contributed by atoms with van der Waals surface area (Å²) in [6.45, 7) is 2.43. The molecule has 5 heteroatoms. The smallest absolute Gasteiger partial charge is 0.230 e. The second kappa shape index (κ2) is 4.97. The molecule has 0 aliphatic heterocycles. The first kappa shape index (κ1) is 11.6. The van der Waals surface area contributed by atoms with Crippen LogP contribution in [0.15, 0.2) is 28.8 Å². The molecule has 0 saturated carbocycles. The molecular formula is C12H15N3O2. The van der Waals surface area contributed by atoms with Crippen molar-refractivity contribution in [1.82, 2.24) is 10.1 Å². The lowest BCUT2D eigenvalue weighted by molar-refractivity contribution is 0.357. The normalized spacial score (nSPS) is 12.6. The molecule has 0 spiro atoms. The molecule has 17 heavy (non-hydrogen) atoms. The van der Waals surface area contributed by atoms with Gasteiger partial charge in [-0.15, -0.1) is 0 Å². The Morgan fingerprint density at radius 3 is 2.71 bits per heavy atom. The Bertz CT molecular complexity index is 479. The molecule has 1 atom stereocenters. The van der Waals surface area contributed by atoms with Gasteiger partial charge in [0.05, 0.1) is 0 Å². The average molecular weight is 233 g/mol. The highest BCUT2D eigenvalue weighted by Gasteiger charge is 2.12. The minimum Gasteiger partial charge on any atom is -0.508 e. The van der Waals surface area contributed by atoms with Crippen molar-refractivity contribution >= 4 is 0 Å². The Morgan fingerprint density at radius 1 is 1.35 bits per heavy atom. The molecule has 0 amide bonds. The SMILES string of the molecule is CC(CN)c1nc(Cc2ccc(O)cc2)no1. The fourth-order valence-electron chi connectivity index (χ4n) is 1.44. The number of hydrogen-bond acceptors (Lipinski definition) is 5. The molecule has 0 saturated heterocycles. The van der Waals surface area contributed by atoms with Gasteiger partial charge in [0.15, 0.2) is 5.82 Å². The van der Waals surface area contributed by atoms with Crippen molar-refractivity contribution in [3.8, 4) is 5.75 Å². The van der Waals surface area contributed by atoms with Crippen LogP contribution in [0.3, 0.4) is 0 Å². The van der Waals surface area contributed by atoms with E-state index < -0.39 is 0 Å². The van der Waals surface area contributed by atoms with E-state index in [-0.39, 0.29) is 11.7 Å². The fraction of sp³-hybridized carbons (Fsp3) is 0.333. The lowest BCUT2D eigenvalue weighted by Gasteiger charge is -1.99. The predicted octanol–water partition coefficient (Wildman–Crippen LogP) is 1.43. The average Bonchev–Trinajstić information content (AvgIpc) is 2.80. The summed E-state index contributed by atoms with van der Waals surface area (Å²) in [5, 5.41) is 13.1. The number of hydrogen-bond donors (Lipinski definition) is 2. The number of nitrogens with two attached hydrogens (primary N) is 1. The van der Waals surface area contributed by atoms with Crippen LogP contribution in [0.2, 0.25) is 0 Å². The monoisotopic (exact) mass is 233 g/mol. The summed E-state index contributed by atoms with van der Waals surface area (Å²) in [5.74, 6) is 1.53. The van der Waals surface area contributed by atoms with Gasteiger partial charge in [0, 0.05) is 18.9 Å². The number of aromatic nitrogens is 2. The first-order valence-corrected chi connectivity index (χ1v) is 5.49. The fourth-order valence-corrected chi connectivity index (χ4v) is 1.44. The van der Waals surface area contributed by atoms with Gasteiger partial charge in [0.25, 0.3) is 0 Å². The van der Waals surface area contributed by atoms with Gasteiger partial charge < -0.3 is 15.4 Å². The van der Waals surface area contributed by atoms with Crippen LogP contribution in [0, 0.1) is 0 Å². The zero-order valence-electron chi connectivity index (χ0n) is 9.63. The van der Waals surface area contributed by atoms with Crippen LogP contribution in [0.1, 0.15) is 30.1 Å². The minimum atomic E-state index is 0.0797. The van der Waals surface area contributed by atoms with Gasteiger partial charge in [0.1, 0.15) is 5.75 Å². The standard InChI is InChI=1S/C12H15N3O2/c1-8(7-13)12-14-11(15-17-12)6-9-2-4-10(16)5-3-9/h2-5,8,16H,6-7,13H2,1H3. The van der Waals surface area contributed by atoms with Gasteiger partial charge in [-0.2, -0.15) is 4.98 Å². The molecule has 1 aromatic heterocycles. The van der Waals surface area contributed by atoms with E-state index in [9.17, 15) is 0 Å². The molecule has 0 aliphatic carbocycles. The summed E-state index contributed by atoms with van der Waals surface area (Å²) in [5.41, 5.74) is 6.55. The predicted molar refractivity (Wildman–Crippen MR) is 62.7 cm³/mol. The number of rotatable bonds is 4. The Kier molecular flexibility index (Phi) is 3.39. The highest BCUT2D eigenvalue weighted by Crippen LogP contribution is 2.15. The van der Waals surface area contributed by atoms with Crippen LogP contribution in [-0.4, -0.2) is 21.8 Å². The molecule has 1 heterocycles. The van der Waals surface area contributed by atoms with Crippen LogP contribution in [0.25, 0.3) is 0 Å². The van der Waals surface area contributed by atoms with Crippen molar-refractivity contribution in [1.29, 1.82) is 0 Å². The molecule has 3 N–H and O–H groups in total. The van der Waals surface area contributed by atoms with Crippen molar-refractivity contribution in [2.24, 2.45) is 5.73 Å². The second-order valence-electron chi connectivity index (χ2n) is 4.03. The Morgan fingerprint density at radius 2 is 2.06 bits per heavy atom. The third-order valence-electron chi connectivity index (χ3n) is 2.56. The molecule has 90 valence electrons. The summed E-state index contributed by atoms with van der Waals surface area (Å²) in [7, 11) is 0. The Balaban J connectivity index is 2.08. The minimum absolute atomic E-state index is 0.0797. The molecule has 1 aromatic carbocycles. The lowest BCUT2D eigenvalue weighted by Crippen LogP contribution is -2.09. The van der Waals surface area contributed by atoms with E-state index in [0.717, 1.165) is 5.56 Å². The highest BCUT2D eigenvalue weighted by molar-refractivity contribution is 5.27. The summed E-state index contributed by atoms with van der Waals surface area (Å²) in [6.07, 6.45) is 0.584. The third kappa shape index (κ3) is 2.82. The number of benzene rings is 1.